The molecule has 18 heavy (non-hydrogen) atoms. The number of phenolic OH excluding ortho intramolecular Hbond substituents is 1. The van der Waals surface area contributed by atoms with Gasteiger partial charge >= 0.3 is 0 Å². The molecule has 0 aliphatic heterocycles. The Morgan fingerprint density at radius 2 is 1.78 bits per heavy atom. The van der Waals surface area contributed by atoms with E-state index in [9.17, 15) is 5.11 Å². The van der Waals surface area contributed by atoms with E-state index in [2.05, 4.69) is 15.3 Å². The van der Waals surface area contributed by atoms with Crippen LogP contribution < -0.4 is 5.32 Å². The summed E-state index contributed by atoms with van der Waals surface area (Å²) in [5.41, 5.74) is 2.38. The first kappa shape index (κ1) is 10.5. The van der Waals surface area contributed by atoms with Gasteiger partial charge in [0.05, 0.1) is 17.2 Å². The molecular weight excluding hydrogens is 226 g/mol. The van der Waals surface area contributed by atoms with Crippen LogP contribution in [0.15, 0.2) is 54.7 Å². The van der Waals surface area contributed by atoms with E-state index < -0.39 is 0 Å². The molecule has 0 aliphatic carbocycles. The Labute approximate surface area is 104 Å². The molecule has 0 saturated heterocycles. The number of fused-ring (bicyclic) bond motifs is 1. The number of nitrogens with one attached hydrogen (secondary N) is 1. The van der Waals surface area contributed by atoms with Gasteiger partial charge in [-0.3, -0.25) is 4.98 Å². The van der Waals surface area contributed by atoms with Crippen LogP contribution in [0, 0.1) is 0 Å². The van der Waals surface area contributed by atoms with Gasteiger partial charge in [-0.05, 0) is 24.3 Å². The van der Waals surface area contributed by atoms with Gasteiger partial charge in [-0.2, -0.15) is 0 Å². The number of aromatic nitrogens is 2. The summed E-state index contributed by atoms with van der Waals surface area (Å²) in [5, 5.41) is 12.5. The smallest absolute Gasteiger partial charge is 0.149 e. The van der Waals surface area contributed by atoms with Crippen molar-refractivity contribution in [3.63, 3.8) is 0 Å². The Kier molecular flexibility index (Phi) is 2.53. The molecule has 0 atom stereocenters. The summed E-state index contributed by atoms with van der Waals surface area (Å²) in [6.45, 7) is 0. The number of aromatic hydroxyl groups is 1. The predicted octanol–water partition coefficient (Wildman–Crippen LogP) is 3.08. The fourth-order valence-corrected chi connectivity index (χ4v) is 1.73. The maximum absolute atomic E-state index is 9.35. The van der Waals surface area contributed by atoms with E-state index in [-0.39, 0.29) is 5.75 Å². The van der Waals surface area contributed by atoms with Crippen LogP contribution in [0.5, 0.6) is 5.75 Å². The Bertz CT molecular complexity index is 683. The first-order chi connectivity index (χ1) is 8.81. The monoisotopic (exact) mass is 237 g/mol. The topological polar surface area (TPSA) is 58.0 Å². The van der Waals surface area contributed by atoms with Crippen molar-refractivity contribution in [3.8, 4) is 5.75 Å². The fraction of sp³-hybridized carbons (Fsp3) is 0. The van der Waals surface area contributed by atoms with Crippen molar-refractivity contribution in [1.29, 1.82) is 0 Å². The van der Waals surface area contributed by atoms with Gasteiger partial charge in [0.25, 0.3) is 0 Å². The van der Waals surface area contributed by atoms with Gasteiger partial charge in [0.2, 0.25) is 0 Å². The molecule has 88 valence electrons. The molecule has 0 bridgehead atoms. The molecule has 2 N–H and O–H groups in total. The minimum absolute atomic E-state index is 0.195. The van der Waals surface area contributed by atoms with Crippen molar-refractivity contribution < 1.29 is 5.11 Å². The Morgan fingerprint density at radius 3 is 2.61 bits per heavy atom. The molecular formula is C14H11N3O. The van der Waals surface area contributed by atoms with E-state index >= 15 is 0 Å². The number of phenols is 1. The lowest BCUT2D eigenvalue weighted by Crippen LogP contribution is -1.94. The molecule has 0 aliphatic rings. The third kappa shape index (κ3) is 2.08. The van der Waals surface area contributed by atoms with Gasteiger partial charge in [0, 0.05) is 11.8 Å². The molecule has 1 heterocycles. The number of hydrogen-bond acceptors (Lipinski definition) is 4. The summed E-state index contributed by atoms with van der Waals surface area (Å²) in [6.07, 6.45) is 1.65. The van der Waals surface area contributed by atoms with Crippen LogP contribution in [0.25, 0.3) is 11.0 Å². The van der Waals surface area contributed by atoms with Crippen LogP contribution in [0.4, 0.5) is 11.5 Å². The van der Waals surface area contributed by atoms with E-state index in [4.69, 9.17) is 0 Å². The summed E-state index contributed by atoms with van der Waals surface area (Å²) in [5.74, 6) is 0.875. The van der Waals surface area contributed by atoms with Crippen LogP contribution in [0.1, 0.15) is 0 Å². The number of hydrogen-bond donors (Lipinski definition) is 2. The van der Waals surface area contributed by atoms with Gasteiger partial charge in [-0.15, -0.1) is 0 Å². The molecule has 0 radical (unpaired) electrons. The molecule has 2 aromatic carbocycles. The minimum Gasteiger partial charge on any atom is -0.508 e. The molecule has 4 heteroatoms. The predicted molar refractivity (Wildman–Crippen MR) is 70.9 cm³/mol. The average molecular weight is 237 g/mol. The number of anilines is 2. The minimum atomic E-state index is 0.195. The van der Waals surface area contributed by atoms with Crippen LogP contribution >= 0.6 is 0 Å². The second kappa shape index (κ2) is 4.33. The van der Waals surface area contributed by atoms with Crippen molar-refractivity contribution in [2.45, 2.75) is 0 Å². The number of benzene rings is 2. The summed E-state index contributed by atoms with van der Waals surface area (Å²) in [7, 11) is 0. The lowest BCUT2D eigenvalue weighted by Gasteiger charge is -2.05. The first-order valence-electron chi connectivity index (χ1n) is 5.59. The quantitative estimate of drug-likeness (QED) is 0.719. The van der Waals surface area contributed by atoms with E-state index in [1.165, 1.54) is 0 Å². The second-order valence-electron chi connectivity index (χ2n) is 3.92. The highest BCUT2D eigenvalue weighted by Gasteiger charge is 2.01. The highest BCUT2D eigenvalue weighted by molar-refractivity contribution is 5.77. The zero-order valence-corrected chi connectivity index (χ0v) is 9.54. The van der Waals surface area contributed by atoms with Gasteiger partial charge in [0.1, 0.15) is 11.6 Å². The largest absolute Gasteiger partial charge is 0.508 e. The van der Waals surface area contributed by atoms with Crippen molar-refractivity contribution >= 4 is 22.5 Å². The lowest BCUT2D eigenvalue weighted by atomic mass is 10.3. The lowest BCUT2D eigenvalue weighted by molar-refractivity contribution is 0.476. The summed E-state index contributed by atoms with van der Waals surface area (Å²) >= 11 is 0. The number of para-hydroxylation sites is 1. The zero-order valence-electron chi connectivity index (χ0n) is 9.54. The van der Waals surface area contributed by atoms with Crippen molar-refractivity contribution in [2.75, 3.05) is 5.32 Å². The van der Waals surface area contributed by atoms with Crippen molar-refractivity contribution in [1.82, 2.24) is 9.97 Å². The summed E-state index contributed by atoms with van der Waals surface area (Å²) in [6, 6.07) is 14.7. The van der Waals surface area contributed by atoms with E-state index in [1.54, 1.807) is 24.4 Å². The highest BCUT2D eigenvalue weighted by atomic mass is 16.3. The van der Waals surface area contributed by atoms with E-state index in [0.717, 1.165) is 11.2 Å². The van der Waals surface area contributed by atoms with Gasteiger partial charge in [0.15, 0.2) is 0 Å². The standard InChI is InChI=1S/C14H11N3O/c18-11-6-7-12-13(8-11)15-9-14(17-12)16-10-4-2-1-3-5-10/h1-9,18H,(H,16,17). The zero-order chi connectivity index (χ0) is 12.4. The molecule has 0 fully saturated rings. The van der Waals surface area contributed by atoms with Crippen LogP contribution in [-0.2, 0) is 0 Å². The van der Waals surface area contributed by atoms with E-state index in [0.29, 0.717) is 11.3 Å². The maximum Gasteiger partial charge on any atom is 0.149 e. The van der Waals surface area contributed by atoms with Crippen LogP contribution in [-0.4, -0.2) is 15.1 Å². The van der Waals surface area contributed by atoms with Crippen LogP contribution in [0.3, 0.4) is 0 Å². The average Bonchev–Trinajstić information content (AvgIpc) is 2.40. The van der Waals surface area contributed by atoms with E-state index in [1.807, 2.05) is 30.3 Å². The summed E-state index contributed by atoms with van der Waals surface area (Å²) in [4.78, 5) is 8.68. The van der Waals surface area contributed by atoms with Gasteiger partial charge < -0.3 is 10.4 Å². The molecule has 3 aromatic rings. The van der Waals surface area contributed by atoms with Gasteiger partial charge in [-0.1, -0.05) is 18.2 Å². The first-order valence-corrected chi connectivity index (χ1v) is 5.59. The maximum atomic E-state index is 9.35. The molecule has 0 unspecified atom stereocenters. The second-order valence-corrected chi connectivity index (χ2v) is 3.92. The normalized spacial score (nSPS) is 10.4. The molecule has 0 spiro atoms. The molecule has 4 nitrogen and oxygen atoms in total. The summed E-state index contributed by atoms with van der Waals surface area (Å²) < 4.78 is 0. The molecule has 3 rings (SSSR count). The third-order valence-corrected chi connectivity index (χ3v) is 2.57. The van der Waals surface area contributed by atoms with Gasteiger partial charge in [-0.25, -0.2) is 4.98 Å². The molecule has 1 aromatic heterocycles. The highest BCUT2D eigenvalue weighted by Crippen LogP contribution is 2.19. The number of nitrogens with zero attached hydrogens (tertiary/aromatic N) is 2. The molecule has 0 saturated carbocycles. The SMILES string of the molecule is Oc1ccc2nc(Nc3ccccc3)cnc2c1. The molecule has 0 amide bonds. The Morgan fingerprint density at radius 1 is 0.944 bits per heavy atom. The Balaban J connectivity index is 1.96. The van der Waals surface area contributed by atoms with Crippen molar-refractivity contribution in [2.24, 2.45) is 0 Å². The van der Waals surface area contributed by atoms with Crippen LogP contribution in [0.2, 0.25) is 0 Å². The number of rotatable bonds is 2. The Hall–Kier alpha value is -2.62. The fourth-order valence-electron chi connectivity index (χ4n) is 1.73. The van der Waals surface area contributed by atoms with Crippen molar-refractivity contribution in [3.05, 3.63) is 54.7 Å². The third-order valence-electron chi connectivity index (χ3n) is 2.57.